The Hall–Kier alpha value is -1.52. The maximum absolute atomic E-state index is 12.3. The molecule has 20 heavy (non-hydrogen) atoms. The standard InChI is InChI=1S/C10H12BrN3O5S/c1-12-10(15)6-13(2)20(18,19)9-5-7(11)3-4-8(9)14(16)17/h3-5H,6H2,1-2H3,(H,12,15). The fourth-order valence-electron chi connectivity index (χ4n) is 1.38. The van der Waals surface area contributed by atoms with Gasteiger partial charge in [-0.25, -0.2) is 8.42 Å². The molecule has 0 saturated heterocycles. The molecule has 1 N–H and O–H groups in total. The maximum Gasteiger partial charge on any atom is 0.289 e. The summed E-state index contributed by atoms with van der Waals surface area (Å²) in [5, 5.41) is 13.2. The van der Waals surface area contributed by atoms with E-state index in [4.69, 9.17) is 0 Å². The first-order valence-corrected chi connectivity index (χ1v) is 7.54. The zero-order chi connectivity index (χ0) is 15.5. The van der Waals surface area contributed by atoms with Crippen molar-refractivity contribution in [3.05, 3.63) is 32.8 Å². The Kier molecular flexibility index (Phi) is 5.20. The fraction of sp³-hybridized carbons (Fsp3) is 0.300. The number of likely N-dealkylation sites (N-methyl/N-ethyl adjacent to an activating group) is 2. The molecule has 0 aliphatic rings. The van der Waals surface area contributed by atoms with Crippen LogP contribution < -0.4 is 5.32 Å². The molecule has 0 spiro atoms. The number of hydrogen-bond donors (Lipinski definition) is 1. The molecule has 1 aromatic rings. The molecule has 0 fully saturated rings. The number of amides is 1. The number of nitrogens with one attached hydrogen (secondary N) is 1. The topological polar surface area (TPSA) is 110 Å². The molecule has 0 aromatic heterocycles. The highest BCUT2D eigenvalue weighted by Gasteiger charge is 2.30. The summed E-state index contributed by atoms with van der Waals surface area (Å²) < 4.78 is 25.7. The van der Waals surface area contributed by atoms with Crippen molar-refractivity contribution in [3.63, 3.8) is 0 Å². The van der Waals surface area contributed by atoms with Crippen LogP contribution in [0.5, 0.6) is 0 Å². The van der Waals surface area contributed by atoms with Gasteiger partial charge in [0.25, 0.3) is 5.69 Å². The SMILES string of the molecule is CNC(=O)CN(C)S(=O)(=O)c1cc(Br)ccc1[N+](=O)[O-]. The van der Waals surface area contributed by atoms with Crippen molar-refractivity contribution in [2.45, 2.75) is 4.90 Å². The van der Waals surface area contributed by atoms with Crippen molar-refractivity contribution in [1.29, 1.82) is 0 Å². The minimum atomic E-state index is -4.14. The van der Waals surface area contributed by atoms with Gasteiger partial charge in [0, 0.05) is 24.6 Å². The molecule has 1 rings (SSSR count). The third kappa shape index (κ3) is 3.52. The maximum atomic E-state index is 12.3. The molecule has 0 saturated carbocycles. The van der Waals surface area contributed by atoms with E-state index in [0.717, 1.165) is 16.4 Å². The average Bonchev–Trinajstić information content (AvgIpc) is 2.37. The van der Waals surface area contributed by atoms with Crippen LogP contribution >= 0.6 is 15.9 Å². The number of carbonyl (C=O) groups excluding carboxylic acids is 1. The minimum Gasteiger partial charge on any atom is -0.358 e. The highest BCUT2D eigenvalue weighted by atomic mass is 79.9. The van der Waals surface area contributed by atoms with Gasteiger partial charge in [0.05, 0.1) is 11.5 Å². The predicted molar refractivity (Wildman–Crippen MR) is 74.7 cm³/mol. The van der Waals surface area contributed by atoms with E-state index < -0.39 is 38.0 Å². The summed E-state index contributed by atoms with van der Waals surface area (Å²) in [5.41, 5.74) is -0.544. The van der Waals surface area contributed by atoms with Gasteiger partial charge in [-0.2, -0.15) is 4.31 Å². The van der Waals surface area contributed by atoms with Crippen molar-refractivity contribution >= 4 is 37.5 Å². The van der Waals surface area contributed by atoms with Crippen LogP contribution in [0.25, 0.3) is 0 Å². The molecule has 0 heterocycles. The smallest absolute Gasteiger partial charge is 0.289 e. The molecular weight excluding hydrogens is 354 g/mol. The monoisotopic (exact) mass is 365 g/mol. The molecule has 0 atom stereocenters. The molecule has 110 valence electrons. The summed E-state index contributed by atoms with van der Waals surface area (Å²) >= 11 is 3.07. The lowest BCUT2D eigenvalue weighted by molar-refractivity contribution is -0.387. The van der Waals surface area contributed by atoms with E-state index in [9.17, 15) is 23.3 Å². The Morgan fingerprint density at radius 1 is 1.50 bits per heavy atom. The van der Waals surface area contributed by atoms with Crippen LogP contribution in [0.15, 0.2) is 27.6 Å². The second-order valence-corrected chi connectivity index (χ2v) is 6.73. The molecule has 0 bridgehead atoms. The highest BCUT2D eigenvalue weighted by Crippen LogP contribution is 2.29. The summed E-state index contributed by atoms with van der Waals surface area (Å²) in [4.78, 5) is 20.9. The first kappa shape index (κ1) is 16.5. The van der Waals surface area contributed by atoms with E-state index in [2.05, 4.69) is 21.2 Å². The Balaban J connectivity index is 3.31. The number of carbonyl (C=O) groups is 1. The Bertz CT molecular complexity index is 646. The number of nitro groups is 1. The first-order valence-electron chi connectivity index (χ1n) is 5.31. The third-order valence-electron chi connectivity index (χ3n) is 2.45. The number of hydrogen-bond acceptors (Lipinski definition) is 5. The number of benzene rings is 1. The molecule has 0 aliphatic carbocycles. The molecule has 0 radical (unpaired) electrons. The van der Waals surface area contributed by atoms with Gasteiger partial charge in [0.1, 0.15) is 0 Å². The largest absolute Gasteiger partial charge is 0.358 e. The van der Waals surface area contributed by atoms with Crippen LogP contribution in [0, 0.1) is 10.1 Å². The summed E-state index contributed by atoms with van der Waals surface area (Å²) in [6.45, 7) is -0.428. The quantitative estimate of drug-likeness (QED) is 0.610. The number of sulfonamides is 1. The lowest BCUT2D eigenvalue weighted by Gasteiger charge is -2.16. The number of nitrogens with zero attached hydrogens (tertiary/aromatic N) is 2. The Morgan fingerprint density at radius 3 is 2.60 bits per heavy atom. The van der Waals surface area contributed by atoms with Gasteiger partial charge in [-0.3, -0.25) is 14.9 Å². The zero-order valence-corrected chi connectivity index (χ0v) is 13.1. The van der Waals surface area contributed by atoms with E-state index in [1.807, 2.05) is 0 Å². The lowest BCUT2D eigenvalue weighted by atomic mass is 10.3. The van der Waals surface area contributed by atoms with E-state index >= 15 is 0 Å². The summed E-state index contributed by atoms with van der Waals surface area (Å²) in [7, 11) is -1.60. The lowest BCUT2D eigenvalue weighted by Crippen LogP contribution is -2.37. The minimum absolute atomic E-state index is 0.384. The third-order valence-corrected chi connectivity index (χ3v) is 4.78. The molecule has 8 nitrogen and oxygen atoms in total. The number of rotatable bonds is 5. The van der Waals surface area contributed by atoms with E-state index in [-0.39, 0.29) is 0 Å². The molecule has 0 unspecified atom stereocenters. The molecule has 10 heteroatoms. The van der Waals surface area contributed by atoms with Crippen molar-refractivity contribution in [1.82, 2.24) is 9.62 Å². The van der Waals surface area contributed by atoms with Crippen molar-refractivity contribution in [2.75, 3.05) is 20.6 Å². The highest BCUT2D eigenvalue weighted by molar-refractivity contribution is 9.10. The van der Waals surface area contributed by atoms with E-state index in [1.165, 1.54) is 20.2 Å². The van der Waals surface area contributed by atoms with Gasteiger partial charge in [0.2, 0.25) is 15.9 Å². The average molecular weight is 366 g/mol. The Morgan fingerprint density at radius 2 is 2.10 bits per heavy atom. The van der Waals surface area contributed by atoms with Crippen LogP contribution in [-0.4, -0.2) is 44.2 Å². The van der Waals surface area contributed by atoms with Crippen molar-refractivity contribution in [3.8, 4) is 0 Å². The van der Waals surface area contributed by atoms with Gasteiger partial charge in [-0.05, 0) is 12.1 Å². The molecule has 0 aliphatic heterocycles. The summed E-state index contributed by atoms with van der Waals surface area (Å²) in [6.07, 6.45) is 0. The van der Waals surface area contributed by atoms with Crippen LogP contribution in [0.2, 0.25) is 0 Å². The Labute approximate surface area is 124 Å². The second kappa shape index (κ2) is 6.29. The van der Waals surface area contributed by atoms with Gasteiger partial charge >= 0.3 is 0 Å². The van der Waals surface area contributed by atoms with Gasteiger partial charge in [-0.1, -0.05) is 15.9 Å². The van der Waals surface area contributed by atoms with Crippen molar-refractivity contribution in [2.24, 2.45) is 0 Å². The van der Waals surface area contributed by atoms with Gasteiger partial charge < -0.3 is 5.32 Å². The molecular formula is C10H12BrN3O5S. The predicted octanol–water partition coefficient (Wildman–Crippen LogP) is 0.724. The van der Waals surface area contributed by atoms with Crippen LogP contribution in [-0.2, 0) is 14.8 Å². The van der Waals surface area contributed by atoms with Crippen molar-refractivity contribution < 1.29 is 18.1 Å². The molecule has 1 aromatic carbocycles. The summed E-state index contributed by atoms with van der Waals surface area (Å²) in [6, 6.07) is 3.59. The normalized spacial score (nSPS) is 11.4. The van der Waals surface area contributed by atoms with E-state index in [1.54, 1.807) is 0 Å². The zero-order valence-electron chi connectivity index (χ0n) is 10.7. The first-order chi connectivity index (χ1) is 9.20. The van der Waals surface area contributed by atoms with Crippen LogP contribution in [0.1, 0.15) is 0 Å². The second-order valence-electron chi connectivity index (χ2n) is 3.80. The molecule has 1 amide bonds. The van der Waals surface area contributed by atoms with Gasteiger partial charge in [0.15, 0.2) is 4.90 Å². The van der Waals surface area contributed by atoms with E-state index in [0.29, 0.717) is 4.47 Å². The summed E-state index contributed by atoms with van der Waals surface area (Å²) in [5.74, 6) is -0.520. The van der Waals surface area contributed by atoms with Crippen LogP contribution in [0.3, 0.4) is 0 Å². The van der Waals surface area contributed by atoms with Gasteiger partial charge in [-0.15, -0.1) is 0 Å². The van der Waals surface area contributed by atoms with Crippen LogP contribution in [0.4, 0.5) is 5.69 Å². The number of nitro benzene ring substituents is 1. The fourth-order valence-corrected chi connectivity index (χ4v) is 3.20. The number of halogens is 1.